The van der Waals surface area contributed by atoms with Crippen molar-refractivity contribution < 1.29 is 10.0 Å². The Morgan fingerprint density at radius 3 is 2.83 bits per heavy atom. The van der Waals surface area contributed by atoms with Gasteiger partial charge in [-0.25, -0.2) is 0 Å². The molecule has 1 heterocycles. The zero-order chi connectivity index (χ0) is 13.1. The fourth-order valence-corrected chi connectivity index (χ4v) is 2.58. The van der Waals surface area contributed by atoms with Gasteiger partial charge in [-0.05, 0) is 25.7 Å². The van der Waals surface area contributed by atoms with Gasteiger partial charge >= 0.3 is 0 Å². The second kappa shape index (κ2) is 5.56. The summed E-state index contributed by atoms with van der Waals surface area (Å²) < 4.78 is 0. The highest BCUT2D eigenvalue weighted by atomic mass is 16.4. The lowest BCUT2D eigenvalue weighted by Crippen LogP contribution is -2.44. The van der Waals surface area contributed by atoms with Crippen LogP contribution < -0.4 is 11.1 Å². The third-order valence-electron chi connectivity index (χ3n) is 3.83. The van der Waals surface area contributed by atoms with E-state index < -0.39 is 5.92 Å². The SMILES string of the molecule is CCC(C(=O)NC1CCN(C2CC2)C1)/C(N)=N/O. The van der Waals surface area contributed by atoms with Gasteiger partial charge in [0.2, 0.25) is 5.91 Å². The molecule has 0 aromatic carbocycles. The Balaban J connectivity index is 1.83. The smallest absolute Gasteiger partial charge is 0.231 e. The van der Waals surface area contributed by atoms with Crippen LogP contribution in [0.15, 0.2) is 5.16 Å². The first-order valence-corrected chi connectivity index (χ1v) is 6.67. The summed E-state index contributed by atoms with van der Waals surface area (Å²) in [4.78, 5) is 14.5. The largest absolute Gasteiger partial charge is 0.409 e. The molecule has 0 spiro atoms. The lowest BCUT2D eigenvalue weighted by atomic mass is 10.0. The number of amides is 1. The molecule has 2 aliphatic rings. The molecular formula is C12H22N4O2. The molecule has 6 heteroatoms. The van der Waals surface area contributed by atoms with Crippen LogP contribution in [0.25, 0.3) is 0 Å². The topological polar surface area (TPSA) is 91.0 Å². The van der Waals surface area contributed by atoms with Crippen LogP contribution in [0.4, 0.5) is 0 Å². The standard InChI is InChI=1S/C12H22N4O2/c1-2-10(11(13)15-18)12(17)14-8-5-6-16(7-8)9-3-4-9/h8-10,18H,2-7H2,1H3,(H2,13,15)(H,14,17). The number of hydrogen-bond donors (Lipinski definition) is 3. The van der Waals surface area contributed by atoms with Gasteiger partial charge < -0.3 is 16.3 Å². The summed E-state index contributed by atoms with van der Waals surface area (Å²) in [7, 11) is 0. The molecule has 1 saturated carbocycles. The highest BCUT2D eigenvalue weighted by molar-refractivity contribution is 6.02. The number of amidine groups is 1. The lowest BCUT2D eigenvalue weighted by molar-refractivity contribution is -0.123. The molecule has 4 N–H and O–H groups in total. The Labute approximate surface area is 107 Å². The van der Waals surface area contributed by atoms with Crippen LogP contribution in [0.5, 0.6) is 0 Å². The third kappa shape index (κ3) is 2.93. The monoisotopic (exact) mass is 254 g/mol. The van der Waals surface area contributed by atoms with E-state index in [1.165, 1.54) is 12.8 Å². The van der Waals surface area contributed by atoms with E-state index in [1.807, 2.05) is 6.92 Å². The van der Waals surface area contributed by atoms with E-state index in [1.54, 1.807) is 0 Å². The minimum Gasteiger partial charge on any atom is -0.409 e. The summed E-state index contributed by atoms with van der Waals surface area (Å²) in [6.07, 6.45) is 4.13. The predicted octanol–water partition coefficient (Wildman–Crippen LogP) is 0.112. The van der Waals surface area contributed by atoms with Crippen LogP contribution in [0.2, 0.25) is 0 Å². The van der Waals surface area contributed by atoms with Crippen LogP contribution in [0, 0.1) is 5.92 Å². The first-order valence-electron chi connectivity index (χ1n) is 6.67. The number of oxime groups is 1. The van der Waals surface area contributed by atoms with E-state index in [2.05, 4.69) is 15.4 Å². The quantitative estimate of drug-likeness (QED) is 0.281. The molecule has 1 aliphatic heterocycles. The molecule has 0 aromatic heterocycles. The van der Waals surface area contributed by atoms with Gasteiger partial charge in [-0.2, -0.15) is 0 Å². The number of nitrogens with two attached hydrogens (primary N) is 1. The van der Waals surface area contributed by atoms with E-state index in [-0.39, 0.29) is 17.8 Å². The number of rotatable bonds is 5. The van der Waals surface area contributed by atoms with Crippen molar-refractivity contribution in [3.8, 4) is 0 Å². The van der Waals surface area contributed by atoms with Gasteiger partial charge in [0.05, 0.1) is 5.92 Å². The number of carbonyl (C=O) groups excluding carboxylic acids is 1. The van der Waals surface area contributed by atoms with Crippen molar-refractivity contribution in [3.05, 3.63) is 0 Å². The van der Waals surface area contributed by atoms with Gasteiger partial charge in [0, 0.05) is 25.2 Å². The Morgan fingerprint density at radius 2 is 2.28 bits per heavy atom. The summed E-state index contributed by atoms with van der Waals surface area (Å²) in [6.45, 7) is 3.85. The molecule has 1 saturated heterocycles. The maximum absolute atomic E-state index is 12.0. The Bertz CT molecular complexity index is 341. The minimum atomic E-state index is -0.523. The number of carbonyl (C=O) groups is 1. The van der Waals surface area contributed by atoms with E-state index in [4.69, 9.17) is 10.9 Å². The van der Waals surface area contributed by atoms with E-state index in [0.717, 1.165) is 25.6 Å². The number of nitrogens with zero attached hydrogens (tertiary/aromatic N) is 2. The van der Waals surface area contributed by atoms with E-state index in [9.17, 15) is 4.79 Å². The van der Waals surface area contributed by atoms with E-state index >= 15 is 0 Å². The second-order valence-corrected chi connectivity index (χ2v) is 5.21. The normalized spacial score (nSPS) is 27.2. The van der Waals surface area contributed by atoms with Crippen LogP contribution in [-0.4, -0.2) is 47.0 Å². The highest BCUT2D eigenvalue weighted by Gasteiger charge is 2.35. The molecule has 1 amide bonds. The molecule has 2 fully saturated rings. The summed E-state index contributed by atoms with van der Waals surface area (Å²) >= 11 is 0. The fourth-order valence-electron chi connectivity index (χ4n) is 2.58. The molecule has 2 rings (SSSR count). The summed E-state index contributed by atoms with van der Waals surface area (Å²) in [6, 6.07) is 0.955. The first-order chi connectivity index (χ1) is 8.65. The molecular weight excluding hydrogens is 232 g/mol. The molecule has 0 radical (unpaired) electrons. The van der Waals surface area contributed by atoms with Crippen molar-refractivity contribution in [3.63, 3.8) is 0 Å². The highest BCUT2D eigenvalue weighted by Crippen LogP contribution is 2.29. The van der Waals surface area contributed by atoms with Gasteiger partial charge in [-0.1, -0.05) is 12.1 Å². The number of likely N-dealkylation sites (tertiary alicyclic amines) is 1. The number of hydrogen-bond acceptors (Lipinski definition) is 4. The van der Waals surface area contributed by atoms with Gasteiger partial charge in [-0.15, -0.1) is 0 Å². The molecule has 18 heavy (non-hydrogen) atoms. The van der Waals surface area contributed by atoms with Crippen molar-refractivity contribution >= 4 is 11.7 Å². The lowest BCUT2D eigenvalue weighted by Gasteiger charge is -2.18. The second-order valence-electron chi connectivity index (χ2n) is 5.21. The fraction of sp³-hybridized carbons (Fsp3) is 0.833. The van der Waals surface area contributed by atoms with Crippen molar-refractivity contribution in [2.45, 2.75) is 44.7 Å². The molecule has 102 valence electrons. The van der Waals surface area contributed by atoms with Crippen LogP contribution in [0.1, 0.15) is 32.6 Å². The average Bonchev–Trinajstić information content (AvgIpc) is 3.11. The minimum absolute atomic E-state index is 0.00736. The Kier molecular flexibility index (Phi) is 4.06. The predicted molar refractivity (Wildman–Crippen MR) is 68.3 cm³/mol. The molecule has 6 nitrogen and oxygen atoms in total. The van der Waals surface area contributed by atoms with Gasteiger partial charge in [0.15, 0.2) is 5.84 Å². The van der Waals surface area contributed by atoms with Gasteiger partial charge in [-0.3, -0.25) is 9.69 Å². The Hall–Kier alpha value is -1.30. The van der Waals surface area contributed by atoms with Crippen molar-refractivity contribution in [2.75, 3.05) is 13.1 Å². The van der Waals surface area contributed by atoms with Crippen LogP contribution in [-0.2, 0) is 4.79 Å². The molecule has 2 unspecified atom stereocenters. The number of nitrogens with one attached hydrogen (secondary N) is 1. The summed E-state index contributed by atoms with van der Waals surface area (Å²) in [5.74, 6) is -0.660. The first kappa shape index (κ1) is 13.1. The molecule has 2 atom stereocenters. The van der Waals surface area contributed by atoms with Gasteiger partial charge in [0.25, 0.3) is 0 Å². The zero-order valence-electron chi connectivity index (χ0n) is 10.8. The van der Waals surface area contributed by atoms with Crippen LogP contribution in [0.3, 0.4) is 0 Å². The maximum Gasteiger partial charge on any atom is 0.231 e. The van der Waals surface area contributed by atoms with Crippen molar-refractivity contribution in [1.82, 2.24) is 10.2 Å². The molecule has 1 aliphatic carbocycles. The Morgan fingerprint density at radius 1 is 1.56 bits per heavy atom. The maximum atomic E-state index is 12.0. The van der Waals surface area contributed by atoms with Gasteiger partial charge in [0.1, 0.15) is 0 Å². The zero-order valence-corrected chi connectivity index (χ0v) is 10.8. The summed E-state index contributed by atoms with van der Waals surface area (Å²) in [5, 5.41) is 14.6. The molecule has 0 bridgehead atoms. The van der Waals surface area contributed by atoms with Crippen LogP contribution >= 0.6 is 0 Å². The average molecular weight is 254 g/mol. The van der Waals surface area contributed by atoms with Crippen molar-refractivity contribution in [1.29, 1.82) is 0 Å². The van der Waals surface area contributed by atoms with Crippen molar-refractivity contribution in [2.24, 2.45) is 16.8 Å². The third-order valence-corrected chi connectivity index (χ3v) is 3.83. The molecule has 0 aromatic rings. The summed E-state index contributed by atoms with van der Waals surface area (Å²) in [5.41, 5.74) is 5.52. The van der Waals surface area contributed by atoms with E-state index in [0.29, 0.717) is 6.42 Å².